The summed E-state index contributed by atoms with van der Waals surface area (Å²) in [7, 11) is 0. The van der Waals surface area contributed by atoms with E-state index in [-0.39, 0.29) is 21.1 Å². The zero-order chi connectivity index (χ0) is 17.5. The molecule has 2 unspecified atom stereocenters. The molecular formula is C13H13Br3F3NO2. The van der Waals surface area contributed by atoms with Crippen molar-refractivity contribution in [3.05, 3.63) is 29.8 Å². The molecule has 0 aromatic heterocycles. The van der Waals surface area contributed by atoms with E-state index in [1.54, 1.807) is 13.8 Å². The monoisotopic (exact) mass is 509 g/mol. The molecule has 0 aliphatic rings. The van der Waals surface area contributed by atoms with Crippen LogP contribution in [0.2, 0.25) is 0 Å². The summed E-state index contributed by atoms with van der Waals surface area (Å²) in [6.07, 6.45) is -4.40. The standard InChI is InChI=1S/C10H9BrF3NO.C3H4Br2O/c1-6(11)9(16)15-8-4-2-3-7(5-8)10(12,13)14;1-2(4)3(5)6/h2-6H,1H3,(H,15,16);2H,1H3. The van der Waals surface area contributed by atoms with Crippen molar-refractivity contribution in [2.24, 2.45) is 0 Å². The Balaban J connectivity index is 0.000000626. The lowest BCUT2D eigenvalue weighted by Gasteiger charge is -2.10. The molecule has 3 nitrogen and oxygen atoms in total. The number of amides is 1. The van der Waals surface area contributed by atoms with Crippen molar-refractivity contribution < 1.29 is 22.8 Å². The number of carbonyl (C=O) groups is 2. The molecule has 1 amide bonds. The van der Waals surface area contributed by atoms with Crippen LogP contribution in [0, 0.1) is 0 Å². The molecule has 0 saturated carbocycles. The maximum Gasteiger partial charge on any atom is 0.416 e. The van der Waals surface area contributed by atoms with Crippen LogP contribution in [0.15, 0.2) is 24.3 Å². The first kappa shape index (κ1) is 21.6. The molecule has 1 rings (SSSR count). The van der Waals surface area contributed by atoms with Crippen molar-refractivity contribution in [1.29, 1.82) is 0 Å². The normalized spacial score (nSPS) is 13.5. The number of alkyl halides is 5. The number of rotatable bonds is 3. The van der Waals surface area contributed by atoms with Gasteiger partial charge in [-0.25, -0.2) is 0 Å². The second-order valence-electron chi connectivity index (χ2n) is 4.10. The summed E-state index contributed by atoms with van der Waals surface area (Å²) in [6.45, 7) is 3.35. The fourth-order valence-corrected chi connectivity index (χ4v) is 1.13. The molecule has 0 aliphatic carbocycles. The highest BCUT2D eigenvalue weighted by Gasteiger charge is 2.30. The van der Waals surface area contributed by atoms with Crippen LogP contribution < -0.4 is 5.32 Å². The fourth-order valence-electron chi connectivity index (χ4n) is 1.01. The summed E-state index contributed by atoms with van der Waals surface area (Å²) in [5.74, 6) is -0.390. The summed E-state index contributed by atoms with van der Waals surface area (Å²) in [4.78, 5) is 20.7. The van der Waals surface area contributed by atoms with Crippen LogP contribution >= 0.6 is 47.8 Å². The van der Waals surface area contributed by atoms with E-state index >= 15 is 0 Å². The van der Waals surface area contributed by atoms with Gasteiger partial charge in [-0.05, 0) is 48.0 Å². The minimum absolute atomic E-state index is 0.0116. The van der Waals surface area contributed by atoms with Gasteiger partial charge in [-0.1, -0.05) is 37.9 Å². The summed E-state index contributed by atoms with van der Waals surface area (Å²) in [5, 5.41) is 2.37. The third-order valence-electron chi connectivity index (χ3n) is 2.13. The van der Waals surface area contributed by atoms with Crippen molar-refractivity contribution in [2.45, 2.75) is 29.7 Å². The van der Waals surface area contributed by atoms with Crippen molar-refractivity contribution in [3.63, 3.8) is 0 Å². The zero-order valence-corrected chi connectivity index (χ0v) is 16.3. The molecule has 0 radical (unpaired) electrons. The topological polar surface area (TPSA) is 46.2 Å². The van der Waals surface area contributed by atoms with E-state index in [4.69, 9.17) is 0 Å². The van der Waals surface area contributed by atoms with Gasteiger partial charge in [-0.15, -0.1) is 0 Å². The molecular weight excluding hydrogens is 499 g/mol. The predicted octanol–water partition coefficient (Wildman–Crippen LogP) is 5.12. The molecule has 0 spiro atoms. The molecule has 1 aromatic rings. The molecule has 22 heavy (non-hydrogen) atoms. The average molecular weight is 512 g/mol. The third-order valence-corrected chi connectivity index (χ3v) is 4.26. The molecule has 2 atom stereocenters. The van der Waals surface area contributed by atoms with Crippen molar-refractivity contribution in [2.75, 3.05) is 5.32 Å². The highest BCUT2D eigenvalue weighted by Crippen LogP contribution is 2.30. The van der Waals surface area contributed by atoms with E-state index in [9.17, 15) is 22.8 Å². The van der Waals surface area contributed by atoms with E-state index in [0.717, 1.165) is 12.1 Å². The van der Waals surface area contributed by atoms with Crippen molar-refractivity contribution in [3.8, 4) is 0 Å². The lowest BCUT2D eigenvalue weighted by atomic mass is 10.2. The van der Waals surface area contributed by atoms with E-state index in [2.05, 4.69) is 53.1 Å². The Morgan fingerprint density at radius 2 is 1.64 bits per heavy atom. The van der Waals surface area contributed by atoms with Gasteiger partial charge in [0.1, 0.15) is 0 Å². The Hall–Kier alpha value is -0.410. The van der Waals surface area contributed by atoms with Gasteiger partial charge < -0.3 is 5.32 Å². The number of carbonyl (C=O) groups excluding carboxylic acids is 2. The SMILES string of the molecule is CC(Br)C(=O)Br.CC(Br)C(=O)Nc1cccc(C(F)(F)F)c1. The Labute approximate surface area is 151 Å². The minimum Gasteiger partial charge on any atom is -0.325 e. The molecule has 9 heteroatoms. The Kier molecular flexibility index (Phi) is 9.49. The zero-order valence-electron chi connectivity index (χ0n) is 11.5. The number of hydrogen-bond donors (Lipinski definition) is 1. The largest absolute Gasteiger partial charge is 0.416 e. The minimum atomic E-state index is -4.40. The van der Waals surface area contributed by atoms with Crippen LogP contribution in [0.1, 0.15) is 19.4 Å². The predicted molar refractivity (Wildman–Crippen MR) is 90.8 cm³/mol. The highest BCUT2D eigenvalue weighted by molar-refractivity contribution is 9.20. The molecule has 0 saturated heterocycles. The van der Waals surface area contributed by atoms with Gasteiger partial charge in [0.25, 0.3) is 0 Å². The van der Waals surface area contributed by atoms with Crippen LogP contribution in [0.4, 0.5) is 18.9 Å². The van der Waals surface area contributed by atoms with Crippen molar-refractivity contribution in [1.82, 2.24) is 0 Å². The maximum absolute atomic E-state index is 12.3. The first-order chi connectivity index (χ1) is 9.95. The maximum atomic E-state index is 12.3. The summed E-state index contributed by atoms with van der Waals surface area (Å²) in [5.41, 5.74) is -0.654. The summed E-state index contributed by atoms with van der Waals surface area (Å²) in [6, 6.07) is 4.50. The van der Waals surface area contributed by atoms with Gasteiger partial charge >= 0.3 is 6.18 Å². The van der Waals surface area contributed by atoms with Crippen LogP contribution in [-0.2, 0) is 15.8 Å². The third kappa shape index (κ3) is 8.89. The van der Waals surface area contributed by atoms with Gasteiger partial charge in [0, 0.05) is 5.69 Å². The number of halogens is 6. The van der Waals surface area contributed by atoms with E-state index in [1.807, 2.05) is 0 Å². The van der Waals surface area contributed by atoms with E-state index in [1.165, 1.54) is 12.1 Å². The van der Waals surface area contributed by atoms with Gasteiger partial charge in [0.05, 0.1) is 15.2 Å². The van der Waals surface area contributed by atoms with E-state index < -0.39 is 16.6 Å². The lowest BCUT2D eigenvalue weighted by molar-refractivity contribution is -0.137. The second kappa shape index (κ2) is 9.67. The highest BCUT2D eigenvalue weighted by atomic mass is 79.9. The number of nitrogens with one attached hydrogen (secondary N) is 1. The molecule has 1 aromatic carbocycles. The van der Waals surface area contributed by atoms with Crippen molar-refractivity contribution >= 4 is 64.1 Å². The first-order valence-electron chi connectivity index (χ1n) is 5.90. The Morgan fingerprint density at radius 3 is 2.00 bits per heavy atom. The summed E-state index contributed by atoms with van der Waals surface area (Å²) >= 11 is 8.82. The molecule has 0 fully saturated rings. The molecule has 0 aliphatic heterocycles. The lowest BCUT2D eigenvalue weighted by Crippen LogP contribution is -2.20. The Bertz CT molecular complexity index is 519. The first-order valence-corrected chi connectivity index (χ1v) is 8.53. The van der Waals surface area contributed by atoms with Gasteiger partial charge in [-0.2, -0.15) is 13.2 Å². The number of hydrogen-bond acceptors (Lipinski definition) is 2. The van der Waals surface area contributed by atoms with Crippen LogP contribution in [0.3, 0.4) is 0 Å². The molecule has 1 N–H and O–H groups in total. The number of benzene rings is 1. The summed E-state index contributed by atoms with van der Waals surface area (Å²) < 4.78 is 37.0. The molecule has 0 bridgehead atoms. The quantitative estimate of drug-likeness (QED) is 0.452. The molecule has 124 valence electrons. The van der Waals surface area contributed by atoms with E-state index in [0.29, 0.717) is 0 Å². The van der Waals surface area contributed by atoms with Gasteiger partial charge in [-0.3, -0.25) is 9.59 Å². The fraction of sp³-hybridized carbons (Fsp3) is 0.385. The van der Waals surface area contributed by atoms with Crippen LogP contribution in [-0.4, -0.2) is 20.3 Å². The smallest absolute Gasteiger partial charge is 0.325 e. The average Bonchev–Trinajstić information content (AvgIpc) is 2.38. The second-order valence-corrected chi connectivity index (χ2v) is 7.63. The van der Waals surface area contributed by atoms with Gasteiger partial charge in [0.2, 0.25) is 10.6 Å². The number of anilines is 1. The Morgan fingerprint density at radius 1 is 1.14 bits per heavy atom. The van der Waals surface area contributed by atoms with Crippen LogP contribution in [0.25, 0.3) is 0 Å². The van der Waals surface area contributed by atoms with Gasteiger partial charge in [0.15, 0.2) is 0 Å². The molecule has 0 heterocycles. The van der Waals surface area contributed by atoms with Crippen LogP contribution in [0.5, 0.6) is 0 Å².